The van der Waals surface area contributed by atoms with E-state index in [9.17, 15) is 14.2 Å². The lowest BCUT2D eigenvalue weighted by atomic mass is 10.1. The first-order valence-corrected chi connectivity index (χ1v) is 20.3. The summed E-state index contributed by atoms with van der Waals surface area (Å²) in [6.07, 6.45) is 44.8. The largest absolute Gasteiger partial charge is 0.469 e. The van der Waals surface area contributed by atoms with Crippen LogP contribution in [0.3, 0.4) is 0 Å². The lowest BCUT2D eigenvalue weighted by Gasteiger charge is -2.18. The van der Waals surface area contributed by atoms with Gasteiger partial charge in [0.1, 0.15) is 6.61 Å². The molecule has 0 aromatic heterocycles. The van der Waals surface area contributed by atoms with Crippen LogP contribution in [0.4, 0.5) is 0 Å². The van der Waals surface area contributed by atoms with Gasteiger partial charge in [0, 0.05) is 12.8 Å². The van der Waals surface area contributed by atoms with E-state index < -0.39 is 32.5 Å². The number of ether oxygens (including phenoxy) is 2. The Labute approximate surface area is 298 Å². The molecular formula is C40H67O8P. The Kier molecular flexibility index (Phi) is 33.5. The minimum absolute atomic E-state index is 0.180. The Morgan fingerprint density at radius 3 is 1.45 bits per heavy atom. The molecule has 0 fully saturated rings. The zero-order valence-electron chi connectivity index (χ0n) is 30.6. The lowest BCUT2D eigenvalue weighted by molar-refractivity contribution is -0.161. The lowest BCUT2D eigenvalue weighted by Crippen LogP contribution is -2.29. The van der Waals surface area contributed by atoms with Gasteiger partial charge in [-0.15, -0.1) is 0 Å². The molecule has 8 nitrogen and oxygen atoms in total. The van der Waals surface area contributed by atoms with Crippen LogP contribution in [-0.4, -0.2) is 41.0 Å². The first kappa shape index (κ1) is 46.5. The SMILES string of the molecule is CC/C=C/C=C/C=C/CCCCCCCC(=O)OC(COC(=O)CCCCCCC/C=C/C=C/C=C/CCCCCCC)COP(=O)(O)O. The molecule has 49 heavy (non-hydrogen) atoms. The molecule has 9 heteroatoms. The van der Waals surface area contributed by atoms with Gasteiger partial charge in [-0.3, -0.25) is 14.1 Å². The molecule has 280 valence electrons. The van der Waals surface area contributed by atoms with Crippen molar-refractivity contribution < 1.29 is 37.9 Å². The van der Waals surface area contributed by atoms with E-state index in [4.69, 9.17) is 19.3 Å². The number of hydrogen-bond donors (Lipinski definition) is 2. The fraction of sp³-hybridized carbons (Fsp3) is 0.650. The van der Waals surface area contributed by atoms with Crippen LogP contribution >= 0.6 is 7.82 Å². The molecule has 0 heterocycles. The van der Waals surface area contributed by atoms with Gasteiger partial charge in [0.15, 0.2) is 6.10 Å². The summed E-state index contributed by atoms with van der Waals surface area (Å²) in [5.41, 5.74) is 0. The second kappa shape index (κ2) is 35.3. The molecule has 0 amide bonds. The smallest absolute Gasteiger partial charge is 0.462 e. The van der Waals surface area contributed by atoms with Crippen LogP contribution in [-0.2, 0) is 28.2 Å². The number of hydrogen-bond acceptors (Lipinski definition) is 6. The normalized spacial score (nSPS) is 13.3. The molecular weight excluding hydrogens is 639 g/mol. The fourth-order valence-electron chi connectivity index (χ4n) is 4.78. The maximum absolute atomic E-state index is 12.3. The van der Waals surface area contributed by atoms with Gasteiger partial charge >= 0.3 is 19.8 Å². The van der Waals surface area contributed by atoms with Gasteiger partial charge < -0.3 is 19.3 Å². The van der Waals surface area contributed by atoms with Crippen LogP contribution in [0.5, 0.6) is 0 Å². The van der Waals surface area contributed by atoms with Crippen molar-refractivity contribution in [2.45, 2.75) is 155 Å². The number of unbranched alkanes of at least 4 members (excludes halogenated alkanes) is 15. The van der Waals surface area contributed by atoms with Crippen LogP contribution in [0, 0.1) is 0 Å². The molecule has 0 spiro atoms. The van der Waals surface area contributed by atoms with E-state index in [1.54, 1.807) is 0 Å². The van der Waals surface area contributed by atoms with Crippen molar-refractivity contribution in [3.63, 3.8) is 0 Å². The zero-order chi connectivity index (χ0) is 36.1. The Balaban J connectivity index is 4.05. The Hall–Kier alpha value is -2.51. The van der Waals surface area contributed by atoms with E-state index in [-0.39, 0.29) is 19.4 Å². The van der Waals surface area contributed by atoms with E-state index in [2.05, 4.69) is 73.1 Å². The Morgan fingerprint density at radius 2 is 0.980 bits per heavy atom. The second-order valence-corrected chi connectivity index (χ2v) is 13.5. The topological polar surface area (TPSA) is 119 Å². The highest BCUT2D eigenvalue weighted by Gasteiger charge is 2.22. The van der Waals surface area contributed by atoms with E-state index >= 15 is 0 Å². The second-order valence-electron chi connectivity index (χ2n) is 12.3. The molecule has 0 aliphatic heterocycles. The van der Waals surface area contributed by atoms with Crippen molar-refractivity contribution >= 4 is 19.8 Å². The van der Waals surface area contributed by atoms with Gasteiger partial charge in [0.2, 0.25) is 0 Å². The maximum atomic E-state index is 12.3. The van der Waals surface area contributed by atoms with E-state index in [1.165, 1.54) is 32.1 Å². The van der Waals surface area contributed by atoms with Crippen molar-refractivity contribution in [2.24, 2.45) is 0 Å². The highest BCUT2D eigenvalue weighted by Crippen LogP contribution is 2.36. The molecule has 1 atom stereocenters. The average molecular weight is 707 g/mol. The number of rotatable bonds is 33. The summed E-state index contributed by atoms with van der Waals surface area (Å²) in [4.78, 5) is 42.7. The third kappa shape index (κ3) is 38.1. The van der Waals surface area contributed by atoms with Crippen molar-refractivity contribution in [1.29, 1.82) is 0 Å². The monoisotopic (exact) mass is 706 g/mol. The zero-order valence-corrected chi connectivity index (χ0v) is 31.5. The number of phosphoric acid groups is 1. The van der Waals surface area contributed by atoms with Crippen LogP contribution in [0.25, 0.3) is 0 Å². The average Bonchev–Trinajstić information content (AvgIpc) is 3.07. The van der Waals surface area contributed by atoms with Gasteiger partial charge in [-0.25, -0.2) is 4.57 Å². The van der Waals surface area contributed by atoms with E-state index in [0.717, 1.165) is 77.0 Å². The van der Waals surface area contributed by atoms with Crippen molar-refractivity contribution in [3.8, 4) is 0 Å². The summed E-state index contributed by atoms with van der Waals surface area (Å²) in [5.74, 6) is -0.940. The van der Waals surface area contributed by atoms with E-state index in [1.807, 2.05) is 18.2 Å². The summed E-state index contributed by atoms with van der Waals surface area (Å²) >= 11 is 0. The first-order chi connectivity index (χ1) is 23.8. The van der Waals surface area contributed by atoms with Gasteiger partial charge in [-0.1, -0.05) is 151 Å². The maximum Gasteiger partial charge on any atom is 0.469 e. The molecule has 0 aliphatic rings. The molecule has 0 aromatic rings. The van der Waals surface area contributed by atoms with Crippen molar-refractivity contribution in [2.75, 3.05) is 13.2 Å². The van der Waals surface area contributed by atoms with Crippen LogP contribution < -0.4 is 0 Å². The molecule has 1 unspecified atom stereocenters. The van der Waals surface area contributed by atoms with Crippen molar-refractivity contribution in [3.05, 3.63) is 72.9 Å². The minimum atomic E-state index is -4.76. The summed E-state index contributed by atoms with van der Waals surface area (Å²) in [7, 11) is -4.76. The van der Waals surface area contributed by atoms with Gasteiger partial charge in [0.05, 0.1) is 6.61 Å². The highest BCUT2D eigenvalue weighted by molar-refractivity contribution is 7.46. The number of carbonyl (C=O) groups excluding carboxylic acids is 2. The summed E-state index contributed by atoms with van der Waals surface area (Å²) in [6, 6.07) is 0. The third-order valence-corrected chi connectivity index (χ3v) is 8.07. The molecule has 0 saturated heterocycles. The summed E-state index contributed by atoms with van der Waals surface area (Å²) in [6.45, 7) is 3.48. The summed E-state index contributed by atoms with van der Waals surface area (Å²) < 4.78 is 26.3. The number of carbonyl (C=O) groups is 2. The number of esters is 2. The molecule has 0 bridgehead atoms. The van der Waals surface area contributed by atoms with Crippen molar-refractivity contribution in [1.82, 2.24) is 0 Å². The number of allylic oxidation sites excluding steroid dienone is 12. The predicted octanol–water partition coefficient (Wildman–Crippen LogP) is 11.1. The third-order valence-electron chi connectivity index (χ3n) is 7.58. The van der Waals surface area contributed by atoms with Crippen LogP contribution in [0.2, 0.25) is 0 Å². The summed E-state index contributed by atoms with van der Waals surface area (Å²) in [5, 5.41) is 0. The molecule has 0 aliphatic carbocycles. The highest BCUT2D eigenvalue weighted by atomic mass is 31.2. The molecule has 0 radical (unpaired) electrons. The molecule has 0 aromatic carbocycles. The van der Waals surface area contributed by atoms with Gasteiger partial charge in [-0.2, -0.15) is 0 Å². The van der Waals surface area contributed by atoms with Gasteiger partial charge in [0.25, 0.3) is 0 Å². The first-order valence-electron chi connectivity index (χ1n) is 18.8. The Bertz CT molecular complexity index is 1020. The quantitative estimate of drug-likeness (QED) is 0.0299. The molecule has 0 rings (SSSR count). The van der Waals surface area contributed by atoms with Crippen LogP contribution in [0.1, 0.15) is 149 Å². The Morgan fingerprint density at radius 1 is 0.551 bits per heavy atom. The standard InChI is InChI=1S/C40H67O8P/c1-3-5-7-9-11-13-15-17-18-19-20-21-23-24-26-28-30-32-34-39(41)46-36-38(37-47-49(43,44)45)48-40(42)35-33-31-29-27-25-22-16-14-12-10-8-6-4-2/h6,8,10,12,14-21,38H,3-5,7,9,11,13,22-37H2,1-2H3,(H2,43,44,45)/b8-6+,12-10+,16-14+,17-15+,19-18+,21-20+. The number of phosphoric ester groups is 1. The fourth-order valence-corrected chi connectivity index (χ4v) is 5.14. The predicted molar refractivity (Wildman–Crippen MR) is 202 cm³/mol. The minimum Gasteiger partial charge on any atom is -0.462 e. The van der Waals surface area contributed by atoms with Gasteiger partial charge in [-0.05, 0) is 57.8 Å². The van der Waals surface area contributed by atoms with Crippen LogP contribution in [0.15, 0.2) is 72.9 Å². The molecule has 0 saturated carbocycles. The van der Waals surface area contributed by atoms with E-state index in [0.29, 0.717) is 12.8 Å². The molecule has 2 N–H and O–H groups in total.